The lowest BCUT2D eigenvalue weighted by molar-refractivity contribution is -0.137. The van der Waals surface area contributed by atoms with Crippen LogP contribution in [0.2, 0.25) is 0 Å². The molecular weight excluding hydrogens is 248 g/mol. The standard InChI is InChI=1S/C12H16N4OS/c1-12(2,9-13)10(17)15-4-6-16(7-5-15)11-14-3-8-18-11/h3,8H,4-7H2,1-2H3. The normalized spacial score (nSPS) is 16.5. The van der Waals surface area contributed by atoms with Crippen LogP contribution in [0.4, 0.5) is 5.13 Å². The second-order valence-corrected chi connectivity index (χ2v) is 5.70. The molecule has 0 aromatic carbocycles. The number of amides is 1. The predicted molar refractivity (Wildman–Crippen MR) is 70.3 cm³/mol. The van der Waals surface area contributed by atoms with Crippen LogP contribution in [0.1, 0.15) is 13.8 Å². The first kappa shape index (κ1) is 12.8. The Labute approximate surface area is 111 Å². The Morgan fingerprint density at radius 1 is 1.44 bits per heavy atom. The second kappa shape index (κ2) is 4.94. The lowest BCUT2D eigenvalue weighted by Crippen LogP contribution is -2.52. The fraction of sp³-hybridized carbons (Fsp3) is 0.583. The topological polar surface area (TPSA) is 60.2 Å². The monoisotopic (exact) mass is 264 g/mol. The molecule has 0 atom stereocenters. The Morgan fingerprint density at radius 2 is 2.11 bits per heavy atom. The lowest BCUT2D eigenvalue weighted by atomic mass is 9.93. The summed E-state index contributed by atoms with van der Waals surface area (Å²) in [5, 5.41) is 11.9. The van der Waals surface area contributed by atoms with Crippen molar-refractivity contribution < 1.29 is 4.79 Å². The van der Waals surface area contributed by atoms with Gasteiger partial charge in [0, 0.05) is 37.8 Å². The Balaban J connectivity index is 1.95. The number of hydrogen-bond donors (Lipinski definition) is 0. The minimum atomic E-state index is -0.927. The fourth-order valence-electron chi connectivity index (χ4n) is 1.92. The first-order chi connectivity index (χ1) is 8.54. The molecule has 1 amide bonds. The van der Waals surface area contributed by atoms with E-state index >= 15 is 0 Å². The SMILES string of the molecule is CC(C)(C#N)C(=O)N1CCN(c2nccs2)CC1. The average Bonchev–Trinajstić information content (AvgIpc) is 2.92. The Kier molecular flexibility index (Phi) is 3.53. The van der Waals surface area contributed by atoms with Crippen LogP contribution >= 0.6 is 11.3 Å². The third-order valence-electron chi connectivity index (χ3n) is 3.07. The molecule has 0 bridgehead atoms. The first-order valence-corrected chi connectivity index (χ1v) is 6.77. The summed E-state index contributed by atoms with van der Waals surface area (Å²) in [6.45, 7) is 6.21. The van der Waals surface area contributed by atoms with Crippen LogP contribution in [0.3, 0.4) is 0 Å². The highest BCUT2D eigenvalue weighted by Crippen LogP contribution is 2.22. The summed E-state index contributed by atoms with van der Waals surface area (Å²) in [5.41, 5.74) is -0.927. The van der Waals surface area contributed by atoms with Crippen molar-refractivity contribution in [2.45, 2.75) is 13.8 Å². The van der Waals surface area contributed by atoms with E-state index in [1.54, 1.807) is 36.3 Å². The number of hydrogen-bond acceptors (Lipinski definition) is 5. The molecule has 1 aliphatic heterocycles. The van der Waals surface area contributed by atoms with Gasteiger partial charge >= 0.3 is 0 Å². The Bertz CT molecular complexity index is 455. The molecule has 0 aliphatic carbocycles. The summed E-state index contributed by atoms with van der Waals surface area (Å²) in [5.74, 6) is -0.0798. The van der Waals surface area contributed by atoms with Gasteiger partial charge in [0.25, 0.3) is 0 Å². The summed E-state index contributed by atoms with van der Waals surface area (Å²) < 4.78 is 0. The number of carbonyl (C=O) groups excluding carboxylic acids is 1. The summed E-state index contributed by atoms with van der Waals surface area (Å²) in [7, 11) is 0. The maximum Gasteiger partial charge on any atom is 0.242 e. The van der Waals surface area contributed by atoms with Crippen molar-refractivity contribution in [3.63, 3.8) is 0 Å². The van der Waals surface area contributed by atoms with Gasteiger partial charge < -0.3 is 9.80 Å². The first-order valence-electron chi connectivity index (χ1n) is 5.89. The van der Waals surface area contributed by atoms with Crippen molar-refractivity contribution in [2.24, 2.45) is 5.41 Å². The summed E-state index contributed by atoms with van der Waals surface area (Å²) >= 11 is 1.61. The molecule has 2 heterocycles. The molecule has 18 heavy (non-hydrogen) atoms. The van der Waals surface area contributed by atoms with E-state index in [1.807, 2.05) is 5.38 Å². The molecule has 1 fully saturated rings. The molecule has 0 spiro atoms. The molecule has 0 radical (unpaired) electrons. The number of carbonyl (C=O) groups is 1. The molecule has 0 saturated carbocycles. The van der Waals surface area contributed by atoms with Crippen molar-refractivity contribution in [3.8, 4) is 6.07 Å². The summed E-state index contributed by atoms with van der Waals surface area (Å²) in [6, 6.07) is 2.06. The average molecular weight is 264 g/mol. The molecule has 0 N–H and O–H groups in total. The van der Waals surface area contributed by atoms with Gasteiger partial charge in [0.15, 0.2) is 5.13 Å². The summed E-state index contributed by atoms with van der Waals surface area (Å²) in [6.07, 6.45) is 1.79. The number of anilines is 1. The van der Waals surface area contributed by atoms with Crippen molar-refractivity contribution in [2.75, 3.05) is 31.1 Å². The van der Waals surface area contributed by atoms with Gasteiger partial charge in [-0.2, -0.15) is 5.26 Å². The molecule has 1 aromatic rings. The molecule has 6 heteroatoms. The van der Waals surface area contributed by atoms with Gasteiger partial charge in [0.1, 0.15) is 5.41 Å². The van der Waals surface area contributed by atoms with Gasteiger partial charge in [0.2, 0.25) is 5.91 Å². The number of thiazole rings is 1. The molecule has 0 unspecified atom stereocenters. The van der Waals surface area contributed by atoms with Gasteiger partial charge in [-0.15, -0.1) is 11.3 Å². The minimum absolute atomic E-state index is 0.0798. The zero-order valence-corrected chi connectivity index (χ0v) is 11.4. The second-order valence-electron chi connectivity index (χ2n) is 4.83. The largest absolute Gasteiger partial charge is 0.345 e. The molecule has 1 aromatic heterocycles. The van der Waals surface area contributed by atoms with Crippen molar-refractivity contribution in [1.82, 2.24) is 9.88 Å². The van der Waals surface area contributed by atoms with E-state index in [9.17, 15) is 4.79 Å². The molecule has 1 saturated heterocycles. The van der Waals surface area contributed by atoms with Gasteiger partial charge in [0.05, 0.1) is 6.07 Å². The number of nitriles is 1. The highest BCUT2D eigenvalue weighted by molar-refractivity contribution is 7.13. The molecule has 2 rings (SSSR count). The van der Waals surface area contributed by atoms with Crippen LogP contribution in [-0.2, 0) is 4.79 Å². The Hall–Kier alpha value is -1.61. The van der Waals surface area contributed by atoms with E-state index in [2.05, 4.69) is 16.0 Å². The van der Waals surface area contributed by atoms with E-state index in [0.29, 0.717) is 13.1 Å². The maximum atomic E-state index is 12.1. The molecule has 96 valence electrons. The van der Waals surface area contributed by atoms with Crippen molar-refractivity contribution >= 4 is 22.4 Å². The van der Waals surface area contributed by atoms with E-state index in [1.165, 1.54) is 0 Å². The van der Waals surface area contributed by atoms with Crippen LogP contribution in [-0.4, -0.2) is 42.0 Å². The van der Waals surface area contributed by atoms with Crippen LogP contribution in [0.15, 0.2) is 11.6 Å². The predicted octanol–water partition coefficient (Wildman–Crippen LogP) is 1.34. The quantitative estimate of drug-likeness (QED) is 0.809. The van der Waals surface area contributed by atoms with E-state index in [-0.39, 0.29) is 5.91 Å². The highest BCUT2D eigenvalue weighted by Gasteiger charge is 2.33. The third kappa shape index (κ3) is 2.46. The van der Waals surface area contributed by atoms with Crippen molar-refractivity contribution in [1.29, 1.82) is 5.26 Å². The molecule has 1 aliphatic rings. The van der Waals surface area contributed by atoms with Gasteiger partial charge in [-0.1, -0.05) is 0 Å². The Morgan fingerprint density at radius 3 is 2.61 bits per heavy atom. The van der Waals surface area contributed by atoms with E-state index in [4.69, 9.17) is 5.26 Å². The van der Waals surface area contributed by atoms with Gasteiger partial charge in [-0.05, 0) is 13.8 Å². The number of aromatic nitrogens is 1. The van der Waals surface area contributed by atoms with E-state index in [0.717, 1.165) is 18.2 Å². The zero-order valence-electron chi connectivity index (χ0n) is 10.6. The number of piperazine rings is 1. The van der Waals surface area contributed by atoms with Gasteiger partial charge in [-0.25, -0.2) is 4.98 Å². The fourth-order valence-corrected chi connectivity index (χ4v) is 2.61. The van der Waals surface area contributed by atoms with Crippen LogP contribution in [0.5, 0.6) is 0 Å². The van der Waals surface area contributed by atoms with Crippen molar-refractivity contribution in [3.05, 3.63) is 11.6 Å². The molecule has 5 nitrogen and oxygen atoms in total. The number of nitrogens with zero attached hydrogens (tertiary/aromatic N) is 4. The van der Waals surface area contributed by atoms with Gasteiger partial charge in [-0.3, -0.25) is 4.79 Å². The van der Waals surface area contributed by atoms with Crippen LogP contribution in [0, 0.1) is 16.7 Å². The lowest BCUT2D eigenvalue weighted by Gasteiger charge is -2.36. The minimum Gasteiger partial charge on any atom is -0.345 e. The van der Waals surface area contributed by atoms with Crippen LogP contribution < -0.4 is 4.90 Å². The van der Waals surface area contributed by atoms with Crippen LogP contribution in [0.25, 0.3) is 0 Å². The number of rotatable bonds is 2. The third-order valence-corrected chi connectivity index (χ3v) is 3.90. The maximum absolute atomic E-state index is 12.1. The highest BCUT2D eigenvalue weighted by atomic mass is 32.1. The smallest absolute Gasteiger partial charge is 0.242 e. The van der Waals surface area contributed by atoms with E-state index < -0.39 is 5.41 Å². The summed E-state index contributed by atoms with van der Waals surface area (Å²) in [4.78, 5) is 20.3. The zero-order chi connectivity index (χ0) is 13.2. The molecular formula is C12H16N4OS.